The first kappa shape index (κ1) is 11.9. The van der Waals surface area contributed by atoms with Gasteiger partial charge in [-0.1, -0.05) is 12.1 Å². The van der Waals surface area contributed by atoms with Gasteiger partial charge >= 0.3 is 0 Å². The number of hydrogen-bond donors (Lipinski definition) is 1. The van der Waals surface area contributed by atoms with Gasteiger partial charge in [0.15, 0.2) is 5.82 Å². The Morgan fingerprint density at radius 2 is 2.00 bits per heavy atom. The first-order chi connectivity index (χ1) is 9.28. The highest BCUT2D eigenvalue weighted by molar-refractivity contribution is 5.64. The number of nitrogens with zero attached hydrogens (tertiary/aromatic N) is 3. The average Bonchev–Trinajstić information content (AvgIpc) is 3.23. The van der Waals surface area contributed by atoms with Crippen LogP contribution in [0.5, 0.6) is 5.75 Å². The van der Waals surface area contributed by atoms with Crippen molar-refractivity contribution in [1.29, 1.82) is 0 Å². The summed E-state index contributed by atoms with van der Waals surface area (Å²) in [4.78, 5) is 13.0. The zero-order valence-electron chi connectivity index (χ0n) is 10.8. The quantitative estimate of drug-likeness (QED) is 0.909. The SMILES string of the molecule is CCOc1ccccc1-c1nc(N)nc(C2CC2)n1. The molecule has 3 rings (SSSR count). The number of para-hydroxylation sites is 1. The van der Waals surface area contributed by atoms with Gasteiger partial charge in [0.1, 0.15) is 11.6 Å². The van der Waals surface area contributed by atoms with Gasteiger partial charge in [-0.15, -0.1) is 0 Å². The van der Waals surface area contributed by atoms with E-state index >= 15 is 0 Å². The second-order valence-electron chi connectivity index (χ2n) is 4.58. The molecule has 2 aromatic rings. The molecule has 0 aliphatic heterocycles. The molecule has 1 aliphatic rings. The molecule has 1 aromatic carbocycles. The highest BCUT2D eigenvalue weighted by Crippen LogP contribution is 2.39. The predicted octanol–water partition coefficient (Wildman–Crippen LogP) is 2.40. The average molecular weight is 256 g/mol. The second-order valence-corrected chi connectivity index (χ2v) is 4.58. The van der Waals surface area contributed by atoms with Crippen LogP contribution < -0.4 is 10.5 Å². The first-order valence-electron chi connectivity index (χ1n) is 6.51. The number of benzene rings is 1. The van der Waals surface area contributed by atoms with E-state index in [1.54, 1.807) is 0 Å². The van der Waals surface area contributed by atoms with Crippen LogP contribution in [0.25, 0.3) is 11.4 Å². The van der Waals surface area contributed by atoms with Crippen molar-refractivity contribution >= 4 is 5.95 Å². The van der Waals surface area contributed by atoms with Crippen molar-refractivity contribution in [3.05, 3.63) is 30.1 Å². The molecule has 2 N–H and O–H groups in total. The molecule has 0 spiro atoms. The minimum absolute atomic E-state index is 0.276. The fraction of sp³-hybridized carbons (Fsp3) is 0.357. The summed E-state index contributed by atoms with van der Waals surface area (Å²) >= 11 is 0. The number of rotatable bonds is 4. The van der Waals surface area contributed by atoms with Gasteiger partial charge in [0.25, 0.3) is 0 Å². The zero-order chi connectivity index (χ0) is 13.2. The first-order valence-corrected chi connectivity index (χ1v) is 6.51. The molecule has 1 fully saturated rings. The summed E-state index contributed by atoms with van der Waals surface area (Å²) in [5.41, 5.74) is 6.64. The van der Waals surface area contributed by atoms with Crippen molar-refractivity contribution in [2.75, 3.05) is 12.3 Å². The molecule has 1 aliphatic carbocycles. The third-order valence-corrected chi connectivity index (χ3v) is 3.04. The van der Waals surface area contributed by atoms with Crippen LogP contribution in [-0.2, 0) is 0 Å². The van der Waals surface area contributed by atoms with Gasteiger partial charge in [0.05, 0.1) is 12.2 Å². The molecule has 5 heteroatoms. The van der Waals surface area contributed by atoms with Crippen molar-refractivity contribution in [1.82, 2.24) is 15.0 Å². The Bertz CT molecular complexity index is 596. The van der Waals surface area contributed by atoms with E-state index in [0.29, 0.717) is 18.3 Å². The van der Waals surface area contributed by atoms with Gasteiger partial charge in [-0.05, 0) is 31.9 Å². The molecule has 0 atom stereocenters. The standard InChI is InChI=1S/C14H16N4O/c1-2-19-11-6-4-3-5-10(11)13-16-12(9-7-8-9)17-14(15)18-13/h3-6,9H,2,7-8H2,1H3,(H2,15,16,17,18). The molecule has 0 amide bonds. The topological polar surface area (TPSA) is 73.9 Å². The largest absolute Gasteiger partial charge is 0.493 e. The molecule has 5 nitrogen and oxygen atoms in total. The van der Waals surface area contributed by atoms with Gasteiger partial charge in [-0.2, -0.15) is 9.97 Å². The summed E-state index contributed by atoms with van der Waals surface area (Å²) in [6.45, 7) is 2.56. The van der Waals surface area contributed by atoms with Gasteiger partial charge in [0.2, 0.25) is 5.95 Å². The van der Waals surface area contributed by atoms with Crippen molar-refractivity contribution in [2.45, 2.75) is 25.7 Å². The second kappa shape index (κ2) is 4.84. The predicted molar refractivity (Wildman–Crippen MR) is 72.8 cm³/mol. The van der Waals surface area contributed by atoms with E-state index in [0.717, 1.165) is 30.0 Å². The van der Waals surface area contributed by atoms with Crippen LogP contribution in [0.15, 0.2) is 24.3 Å². The summed E-state index contributed by atoms with van der Waals surface area (Å²) in [6, 6.07) is 7.72. The molecular formula is C14H16N4O. The zero-order valence-corrected chi connectivity index (χ0v) is 10.8. The Balaban J connectivity index is 2.05. The minimum atomic E-state index is 0.276. The van der Waals surface area contributed by atoms with Crippen LogP contribution in [0.2, 0.25) is 0 Å². The van der Waals surface area contributed by atoms with Crippen LogP contribution >= 0.6 is 0 Å². The number of anilines is 1. The molecule has 0 saturated heterocycles. The molecule has 98 valence electrons. The fourth-order valence-electron chi connectivity index (χ4n) is 1.99. The summed E-state index contributed by atoms with van der Waals surface area (Å²) in [7, 11) is 0. The molecule has 19 heavy (non-hydrogen) atoms. The lowest BCUT2D eigenvalue weighted by Gasteiger charge is -2.09. The lowest BCUT2D eigenvalue weighted by molar-refractivity contribution is 0.341. The lowest BCUT2D eigenvalue weighted by atomic mass is 10.2. The number of ether oxygens (including phenoxy) is 1. The lowest BCUT2D eigenvalue weighted by Crippen LogP contribution is -2.05. The molecule has 1 aromatic heterocycles. The number of nitrogen functional groups attached to an aromatic ring is 1. The van der Waals surface area contributed by atoms with Crippen LogP contribution in [0, 0.1) is 0 Å². The Morgan fingerprint density at radius 1 is 1.21 bits per heavy atom. The van der Waals surface area contributed by atoms with E-state index in [2.05, 4.69) is 15.0 Å². The molecule has 1 saturated carbocycles. The van der Waals surface area contributed by atoms with Gasteiger partial charge in [0, 0.05) is 5.92 Å². The van der Waals surface area contributed by atoms with Gasteiger partial charge in [-0.25, -0.2) is 4.98 Å². The summed E-state index contributed by atoms with van der Waals surface area (Å²) in [5.74, 6) is 2.89. The Kier molecular flexibility index (Phi) is 3.03. The molecule has 1 heterocycles. The molecule has 0 unspecified atom stereocenters. The van der Waals surface area contributed by atoms with E-state index in [1.807, 2.05) is 31.2 Å². The van der Waals surface area contributed by atoms with E-state index in [9.17, 15) is 0 Å². The Hall–Kier alpha value is -2.17. The normalized spacial score (nSPS) is 14.4. The summed E-state index contributed by atoms with van der Waals surface area (Å²) in [5, 5.41) is 0. The van der Waals surface area contributed by atoms with Crippen LogP contribution in [0.4, 0.5) is 5.95 Å². The third kappa shape index (κ3) is 2.50. The number of aromatic nitrogens is 3. The van der Waals surface area contributed by atoms with E-state index < -0.39 is 0 Å². The van der Waals surface area contributed by atoms with Crippen molar-refractivity contribution in [3.63, 3.8) is 0 Å². The summed E-state index contributed by atoms with van der Waals surface area (Å²) in [6.07, 6.45) is 2.27. The number of nitrogens with two attached hydrogens (primary N) is 1. The molecule has 0 bridgehead atoms. The van der Waals surface area contributed by atoms with Crippen LogP contribution in [0.1, 0.15) is 31.5 Å². The maximum Gasteiger partial charge on any atom is 0.223 e. The maximum absolute atomic E-state index is 5.78. The van der Waals surface area contributed by atoms with Crippen LogP contribution in [0.3, 0.4) is 0 Å². The maximum atomic E-state index is 5.78. The highest BCUT2D eigenvalue weighted by atomic mass is 16.5. The number of hydrogen-bond acceptors (Lipinski definition) is 5. The van der Waals surface area contributed by atoms with Crippen molar-refractivity contribution in [2.24, 2.45) is 0 Å². The summed E-state index contributed by atoms with van der Waals surface area (Å²) < 4.78 is 5.61. The fourth-order valence-corrected chi connectivity index (χ4v) is 1.99. The van der Waals surface area contributed by atoms with Gasteiger partial charge in [-0.3, -0.25) is 0 Å². The van der Waals surface area contributed by atoms with Crippen molar-refractivity contribution < 1.29 is 4.74 Å². The smallest absolute Gasteiger partial charge is 0.223 e. The van der Waals surface area contributed by atoms with Crippen molar-refractivity contribution in [3.8, 4) is 17.1 Å². The minimum Gasteiger partial charge on any atom is -0.493 e. The van der Waals surface area contributed by atoms with E-state index in [1.165, 1.54) is 0 Å². The Morgan fingerprint density at radius 3 is 2.74 bits per heavy atom. The van der Waals surface area contributed by atoms with E-state index in [4.69, 9.17) is 10.5 Å². The van der Waals surface area contributed by atoms with Gasteiger partial charge < -0.3 is 10.5 Å². The molecule has 0 radical (unpaired) electrons. The highest BCUT2D eigenvalue weighted by Gasteiger charge is 2.28. The van der Waals surface area contributed by atoms with Crippen LogP contribution in [-0.4, -0.2) is 21.6 Å². The Labute approximate surface area is 111 Å². The van der Waals surface area contributed by atoms with E-state index in [-0.39, 0.29) is 5.95 Å². The molecular weight excluding hydrogens is 240 g/mol. The monoisotopic (exact) mass is 256 g/mol. The third-order valence-electron chi connectivity index (χ3n) is 3.04.